The third-order valence-corrected chi connectivity index (χ3v) is 4.11. The van der Waals surface area contributed by atoms with E-state index in [1.165, 1.54) is 6.20 Å². The number of ether oxygens (including phenoxy) is 1. The van der Waals surface area contributed by atoms with Crippen molar-refractivity contribution in [1.82, 2.24) is 14.7 Å². The van der Waals surface area contributed by atoms with Gasteiger partial charge in [0.05, 0.1) is 18.3 Å². The molecular formula is C21H21FN4O4. The number of rotatable bonds is 2. The number of hydrogen-bond donors (Lipinski definition) is 2. The molecule has 2 atom stereocenters. The lowest BCUT2D eigenvalue weighted by Crippen LogP contribution is -2.23. The number of nitrogens with two attached hydrogens (primary N) is 1. The highest BCUT2D eigenvalue weighted by Crippen LogP contribution is 2.34. The molecule has 0 spiro atoms. The number of aliphatic hydroxyl groups excluding tert-OH is 1. The summed E-state index contributed by atoms with van der Waals surface area (Å²) in [6, 6.07) is 6.93. The highest BCUT2D eigenvalue weighted by molar-refractivity contribution is 5.91. The van der Waals surface area contributed by atoms with Gasteiger partial charge in [-0.25, -0.2) is 9.37 Å². The molecule has 3 heterocycles. The minimum Gasteiger partial charge on any atom is -0.485 e. The molecule has 0 aliphatic carbocycles. The number of amides is 1. The van der Waals surface area contributed by atoms with E-state index in [0.29, 0.717) is 22.7 Å². The largest absolute Gasteiger partial charge is 0.485 e. The number of aliphatic hydroxyl groups is 1. The zero-order valence-corrected chi connectivity index (χ0v) is 16.5. The molecule has 1 aromatic carbocycles. The summed E-state index contributed by atoms with van der Waals surface area (Å²) >= 11 is 0. The molecular weight excluding hydrogens is 391 g/mol. The van der Waals surface area contributed by atoms with Gasteiger partial charge in [0.1, 0.15) is 41.9 Å². The smallest absolute Gasteiger partial charge is 0.268 e. The highest BCUT2D eigenvalue weighted by atomic mass is 19.1. The number of carbonyl (C=O) groups excluding carboxylic acids is 1. The van der Waals surface area contributed by atoms with E-state index in [4.69, 9.17) is 10.5 Å². The van der Waals surface area contributed by atoms with Gasteiger partial charge in [0.2, 0.25) is 0 Å². The molecule has 2 unspecified atom stereocenters. The van der Waals surface area contributed by atoms with Gasteiger partial charge in [-0.15, -0.1) is 0 Å². The van der Waals surface area contributed by atoms with Crippen LogP contribution in [0.5, 0.6) is 5.75 Å². The van der Waals surface area contributed by atoms with Crippen molar-refractivity contribution in [2.75, 3.05) is 6.67 Å². The first-order valence-corrected chi connectivity index (χ1v) is 9.18. The molecule has 0 bridgehead atoms. The Hall–Kier alpha value is -3.64. The van der Waals surface area contributed by atoms with Crippen molar-refractivity contribution in [1.29, 1.82) is 0 Å². The van der Waals surface area contributed by atoms with Gasteiger partial charge in [-0.3, -0.25) is 4.79 Å². The second-order valence-electron chi connectivity index (χ2n) is 6.64. The SMILES string of the molecule is CC(O)C#Cc1ccc2c(c1)-c1nc(C(N)=O)cn1CC(CF)O2.Cc1ccno1. The molecule has 8 nitrogen and oxygen atoms in total. The van der Waals surface area contributed by atoms with Gasteiger partial charge in [0.15, 0.2) is 0 Å². The number of nitrogens with zero attached hydrogens (tertiary/aromatic N) is 3. The monoisotopic (exact) mass is 412 g/mol. The van der Waals surface area contributed by atoms with E-state index in [1.807, 2.05) is 6.92 Å². The fourth-order valence-corrected chi connectivity index (χ4v) is 2.76. The number of primary amides is 1. The number of carbonyl (C=O) groups is 1. The second kappa shape index (κ2) is 9.24. The van der Waals surface area contributed by atoms with Gasteiger partial charge < -0.3 is 24.7 Å². The Bertz CT molecular complexity index is 1080. The predicted octanol–water partition coefficient (Wildman–Crippen LogP) is 2.09. The van der Waals surface area contributed by atoms with Crippen LogP contribution in [0.1, 0.15) is 28.7 Å². The molecule has 156 valence electrons. The molecule has 9 heteroatoms. The molecule has 0 fully saturated rings. The van der Waals surface area contributed by atoms with E-state index in [2.05, 4.69) is 26.5 Å². The van der Waals surface area contributed by atoms with Crippen LogP contribution in [0.25, 0.3) is 11.4 Å². The molecule has 2 aromatic heterocycles. The van der Waals surface area contributed by atoms with Gasteiger partial charge in [-0.2, -0.15) is 0 Å². The van der Waals surface area contributed by atoms with Crippen molar-refractivity contribution >= 4 is 5.91 Å². The zero-order chi connectivity index (χ0) is 21.7. The lowest BCUT2D eigenvalue weighted by molar-refractivity contribution is 0.0995. The normalized spacial score (nSPS) is 15.1. The van der Waals surface area contributed by atoms with E-state index < -0.39 is 24.8 Å². The van der Waals surface area contributed by atoms with Gasteiger partial charge >= 0.3 is 0 Å². The Labute approximate surface area is 172 Å². The Balaban J connectivity index is 0.000000367. The number of hydrogen-bond acceptors (Lipinski definition) is 6. The first kappa shape index (κ1) is 21.1. The summed E-state index contributed by atoms with van der Waals surface area (Å²) in [5.74, 6) is 6.63. The molecule has 1 aliphatic heterocycles. The van der Waals surface area contributed by atoms with Gasteiger partial charge in [0.25, 0.3) is 5.91 Å². The maximum absolute atomic E-state index is 13.2. The molecule has 0 saturated heterocycles. The van der Waals surface area contributed by atoms with E-state index in [0.717, 1.165) is 5.76 Å². The average molecular weight is 412 g/mol. The first-order valence-electron chi connectivity index (χ1n) is 9.18. The van der Waals surface area contributed by atoms with Crippen molar-refractivity contribution in [3.8, 4) is 29.0 Å². The van der Waals surface area contributed by atoms with Crippen molar-refractivity contribution in [3.63, 3.8) is 0 Å². The number of alkyl halides is 1. The van der Waals surface area contributed by atoms with E-state index in [-0.39, 0.29) is 12.2 Å². The maximum Gasteiger partial charge on any atom is 0.268 e. The van der Waals surface area contributed by atoms with Crippen molar-refractivity contribution in [2.45, 2.75) is 32.6 Å². The lowest BCUT2D eigenvalue weighted by atomic mass is 10.1. The molecule has 1 amide bonds. The van der Waals surface area contributed by atoms with Gasteiger partial charge in [-0.1, -0.05) is 17.0 Å². The van der Waals surface area contributed by atoms with E-state index >= 15 is 0 Å². The number of aryl methyl sites for hydroxylation is 1. The minimum atomic E-state index is -0.751. The van der Waals surface area contributed by atoms with Crippen molar-refractivity contribution < 1.29 is 23.6 Å². The number of imidazole rings is 1. The van der Waals surface area contributed by atoms with Crippen molar-refractivity contribution in [2.24, 2.45) is 5.73 Å². The quantitative estimate of drug-likeness (QED) is 0.623. The summed E-state index contributed by atoms with van der Waals surface area (Å²) in [7, 11) is 0. The number of fused-ring (bicyclic) bond motifs is 3. The van der Waals surface area contributed by atoms with Gasteiger partial charge in [0, 0.05) is 17.8 Å². The number of aromatic nitrogens is 3. The summed E-state index contributed by atoms with van der Waals surface area (Å²) in [5.41, 5.74) is 6.64. The number of benzene rings is 1. The molecule has 1 aliphatic rings. The summed E-state index contributed by atoms with van der Waals surface area (Å²) in [6.45, 7) is 2.96. The average Bonchev–Trinajstić information content (AvgIpc) is 3.33. The van der Waals surface area contributed by atoms with Crippen LogP contribution in [-0.2, 0) is 6.54 Å². The first-order chi connectivity index (χ1) is 14.4. The zero-order valence-electron chi connectivity index (χ0n) is 16.5. The molecule has 4 rings (SSSR count). The second-order valence-corrected chi connectivity index (χ2v) is 6.64. The number of halogens is 1. The fourth-order valence-electron chi connectivity index (χ4n) is 2.76. The minimum absolute atomic E-state index is 0.107. The van der Waals surface area contributed by atoms with Crippen LogP contribution in [0.4, 0.5) is 4.39 Å². The Morgan fingerprint density at radius 3 is 2.83 bits per heavy atom. The highest BCUT2D eigenvalue weighted by Gasteiger charge is 2.25. The summed E-state index contributed by atoms with van der Waals surface area (Å²) in [4.78, 5) is 15.6. The van der Waals surface area contributed by atoms with E-state index in [1.54, 1.807) is 42.0 Å². The molecule has 3 aromatic rings. The Morgan fingerprint density at radius 1 is 1.47 bits per heavy atom. The van der Waals surface area contributed by atoms with E-state index in [9.17, 15) is 14.3 Å². The van der Waals surface area contributed by atoms with Crippen LogP contribution >= 0.6 is 0 Å². The Morgan fingerprint density at radius 2 is 2.27 bits per heavy atom. The van der Waals surface area contributed by atoms with Crippen molar-refractivity contribution in [3.05, 3.63) is 53.7 Å². The molecule has 30 heavy (non-hydrogen) atoms. The van der Waals surface area contributed by atoms with Crippen LogP contribution in [-0.4, -0.2) is 44.6 Å². The predicted molar refractivity (Wildman–Crippen MR) is 106 cm³/mol. The molecule has 0 radical (unpaired) electrons. The van der Waals surface area contributed by atoms with Crippen LogP contribution < -0.4 is 10.5 Å². The summed E-state index contributed by atoms with van der Waals surface area (Å²) < 4.78 is 25.1. The third kappa shape index (κ3) is 5.04. The topological polar surface area (TPSA) is 116 Å². The van der Waals surface area contributed by atoms with Crippen LogP contribution in [0.2, 0.25) is 0 Å². The van der Waals surface area contributed by atoms with Gasteiger partial charge in [-0.05, 0) is 32.0 Å². The standard InChI is InChI=1S/C17H16FN3O3.C4H5NO/c1-10(22)2-3-11-4-5-15-13(6-11)17-20-14(16(19)23)9-21(17)8-12(7-18)24-15;1-4-2-3-5-6-4/h4-6,9-10,12,22H,7-8H2,1H3,(H2,19,23);2-3H,1H3. The Kier molecular flexibility index (Phi) is 6.49. The maximum atomic E-state index is 13.2. The summed E-state index contributed by atoms with van der Waals surface area (Å²) in [5, 5.41) is 12.7. The molecule has 3 N–H and O–H groups in total. The van der Waals surface area contributed by atoms with Crippen LogP contribution in [0, 0.1) is 18.8 Å². The van der Waals surface area contributed by atoms with Crippen LogP contribution in [0.15, 0.2) is 41.2 Å². The lowest BCUT2D eigenvalue weighted by Gasteiger charge is -2.14. The van der Waals surface area contributed by atoms with Crippen LogP contribution in [0.3, 0.4) is 0 Å². The molecule has 0 saturated carbocycles. The fraction of sp³-hybridized carbons (Fsp3) is 0.286. The third-order valence-electron chi connectivity index (χ3n) is 4.11. The summed E-state index contributed by atoms with van der Waals surface area (Å²) in [6.07, 6.45) is 1.68.